The largest absolute Gasteiger partial charge is 0.336 e. The predicted molar refractivity (Wildman–Crippen MR) is 63.4 cm³/mol. The van der Waals surface area contributed by atoms with Crippen molar-refractivity contribution in [3.8, 4) is 0 Å². The first kappa shape index (κ1) is 12.2. The Labute approximate surface area is 102 Å². The van der Waals surface area contributed by atoms with Crippen LogP contribution in [0.2, 0.25) is 0 Å². The summed E-state index contributed by atoms with van der Waals surface area (Å²) in [6.07, 6.45) is 1.11. The van der Waals surface area contributed by atoms with Crippen LogP contribution in [0.1, 0.15) is 16.7 Å². The molecule has 0 aliphatic heterocycles. The van der Waals surface area contributed by atoms with E-state index >= 15 is 0 Å². The topological polar surface area (TPSA) is 29.9 Å². The first-order chi connectivity index (χ1) is 8.18. The standard InChI is InChI=1S/C11H13F2N3S/c1-16-5-4-14-11(16)10(15-7-9(12)13)8-3-2-6-17-8/h2-6,9-10,15H,7H2,1H3. The Morgan fingerprint density at radius 2 is 2.35 bits per heavy atom. The molecule has 2 aromatic heterocycles. The number of hydrogen-bond donors (Lipinski definition) is 1. The minimum absolute atomic E-state index is 0.274. The average Bonchev–Trinajstić information content (AvgIpc) is 2.91. The summed E-state index contributed by atoms with van der Waals surface area (Å²) in [7, 11) is 1.85. The van der Waals surface area contributed by atoms with Crippen LogP contribution in [0.3, 0.4) is 0 Å². The van der Waals surface area contributed by atoms with Crippen molar-refractivity contribution in [1.82, 2.24) is 14.9 Å². The monoisotopic (exact) mass is 257 g/mol. The molecule has 0 aliphatic rings. The van der Waals surface area contributed by atoms with Crippen LogP contribution in [-0.2, 0) is 7.05 Å². The van der Waals surface area contributed by atoms with Crippen LogP contribution in [0, 0.1) is 0 Å². The van der Waals surface area contributed by atoms with E-state index in [1.54, 1.807) is 12.4 Å². The Hall–Kier alpha value is -1.27. The summed E-state index contributed by atoms with van der Waals surface area (Å²) in [6, 6.07) is 3.55. The lowest BCUT2D eigenvalue weighted by Crippen LogP contribution is -2.28. The second kappa shape index (κ2) is 5.37. The quantitative estimate of drug-likeness (QED) is 0.891. The van der Waals surface area contributed by atoms with Gasteiger partial charge in [0, 0.05) is 24.3 Å². The highest BCUT2D eigenvalue weighted by molar-refractivity contribution is 7.10. The molecular weight excluding hydrogens is 244 g/mol. The summed E-state index contributed by atoms with van der Waals surface area (Å²) in [5.74, 6) is 0.744. The molecule has 0 bridgehead atoms. The molecule has 6 heteroatoms. The first-order valence-electron chi connectivity index (χ1n) is 5.20. The van der Waals surface area contributed by atoms with E-state index in [0.29, 0.717) is 0 Å². The zero-order chi connectivity index (χ0) is 12.3. The number of halogens is 2. The van der Waals surface area contributed by atoms with Gasteiger partial charge >= 0.3 is 0 Å². The van der Waals surface area contributed by atoms with Gasteiger partial charge in [0.25, 0.3) is 6.43 Å². The van der Waals surface area contributed by atoms with Crippen molar-refractivity contribution >= 4 is 11.3 Å². The van der Waals surface area contributed by atoms with Gasteiger partial charge in [-0.3, -0.25) is 5.32 Å². The lowest BCUT2D eigenvalue weighted by molar-refractivity contribution is 0.143. The van der Waals surface area contributed by atoms with Gasteiger partial charge < -0.3 is 4.57 Å². The lowest BCUT2D eigenvalue weighted by Gasteiger charge is -2.17. The normalized spacial score (nSPS) is 13.2. The van der Waals surface area contributed by atoms with Gasteiger partial charge in [-0.2, -0.15) is 0 Å². The van der Waals surface area contributed by atoms with E-state index in [-0.39, 0.29) is 12.6 Å². The maximum atomic E-state index is 12.3. The number of alkyl halides is 2. The SMILES string of the molecule is Cn1ccnc1C(NCC(F)F)c1cccs1. The van der Waals surface area contributed by atoms with E-state index in [4.69, 9.17) is 0 Å². The van der Waals surface area contributed by atoms with Crippen LogP contribution >= 0.6 is 11.3 Å². The number of aromatic nitrogens is 2. The highest BCUT2D eigenvalue weighted by Gasteiger charge is 2.20. The Balaban J connectivity index is 2.22. The maximum absolute atomic E-state index is 12.3. The van der Waals surface area contributed by atoms with Gasteiger partial charge in [-0.25, -0.2) is 13.8 Å². The molecule has 0 spiro atoms. The molecule has 17 heavy (non-hydrogen) atoms. The summed E-state index contributed by atoms with van der Waals surface area (Å²) in [5.41, 5.74) is 0. The first-order valence-corrected chi connectivity index (χ1v) is 6.08. The Morgan fingerprint density at radius 3 is 2.88 bits per heavy atom. The summed E-state index contributed by atoms with van der Waals surface area (Å²) in [5, 5.41) is 4.77. The van der Waals surface area contributed by atoms with E-state index in [1.807, 2.05) is 29.1 Å². The van der Waals surface area contributed by atoms with E-state index < -0.39 is 6.43 Å². The number of nitrogens with one attached hydrogen (secondary N) is 1. The van der Waals surface area contributed by atoms with E-state index in [2.05, 4.69) is 10.3 Å². The van der Waals surface area contributed by atoms with Crippen LogP contribution in [0.4, 0.5) is 8.78 Å². The molecule has 92 valence electrons. The minimum atomic E-state index is -2.36. The van der Waals surface area contributed by atoms with Crippen LogP contribution in [0.5, 0.6) is 0 Å². The van der Waals surface area contributed by atoms with Gasteiger partial charge in [-0.1, -0.05) is 6.07 Å². The average molecular weight is 257 g/mol. The van der Waals surface area contributed by atoms with Crippen LogP contribution < -0.4 is 5.32 Å². The van der Waals surface area contributed by atoms with Crippen LogP contribution in [0.25, 0.3) is 0 Å². The van der Waals surface area contributed by atoms with Crippen LogP contribution in [-0.4, -0.2) is 22.5 Å². The third kappa shape index (κ3) is 2.89. The Kier molecular flexibility index (Phi) is 3.86. The van der Waals surface area contributed by atoms with Crippen molar-refractivity contribution in [3.63, 3.8) is 0 Å². The van der Waals surface area contributed by atoms with E-state index in [0.717, 1.165) is 10.7 Å². The number of imidazole rings is 1. The lowest BCUT2D eigenvalue weighted by atomic mass is 10.2. The predicted octanol–water partition coefficient (Wildman–Crippen LogP) is 2.43. The third-order valence-corrected chi connectivity index (χ3v) is 3.36. The van der Waals surface area contributed by atoms with Crippen molar-refractivity contribution < 1.29 is 8.78 Å². The summed E-state index contributed by atoms with van der Waals surface area (Å²) in [6.45, 7) is -0.338. The smallest absolute Gasteiger partial charge is 0.250 e. The van der Waals surface area contributed by atoms with Crippen molar-refractivity contribution in [2.45, 2.75) is 12.5 Å². The zero-order valence-electron chi connectivity index (χ0n) is 9.31. The second-order valence-electron chi connectivity index (χ2n) is 3.64. The molecule has 1 unspecified atom stereocenters. The number of rotatable bonds is 5. The third-order valence-electron chi connectivity index (χ3n) is 2.42. The van der Waals surface area contributed by atoms with Crippen LogP contribution in [0.15, 0.2) is 29.9 Å². The number of hydrogen-bond acceptors (Lipinski definition) is 3. The van der Waals surface area contributed by atoms with Crippen molar-refractivity contribution in [1.29, 1.82) is 0 Å². The van der Waals surface area contributed by atoms with Gasteiger partial charge in [0.2, 0.25) is 0 Å². The molecule has 0 aromatic carbocycles. The fraction of sp³-hybridized carbons (Fsp3) is 0.364. The molecule has 3 nitrogen and oxygen atoms in total. The minimum Gasteiger partial charge on any atom is -0.336 e. The van der Waals surface area contributed by atoms with Gasteiger partial charge in [0.05, 0.1) is 6.54 Å². The molecule has 0 radical (unpaired) electrons. The molecule has 0 aliphatic carbocycles. The van der Waals surface area contributed by atoms with Crippen molar-refractivity contribution in [2.24, 2.45) is 7.05 Å². The molecule has 0 amide bonds. The van der Waals surface area contributed by atoms with Gasteiger partial charge in [0.15, 0.2) is 0 Å². The number of aryl methyl sites for hydroxylation is 1. The van der Waals surface area contributed by atoms with Gasteiger partial charge in [0.1, 0.15) is 11.9 Å². The highest BCUT2D eigenvalue weighted by Crippen LogP contribution is 2.24. The number of nitrogens with zero attached hydrogens (tertiary/aromatic N) is 2. The molecule has 2 aromatic rings. The van der Waals surface area contributed by atoms with E-state index in [9.17, 15) is 8.78 Å². The summed E-state index contributed by atoms with van der Waals surface area (Å²) >= 11 is 1.53. The molecule has 0 saturated heterocycles. The Bertz CT molecular complexity index is 453. The van der Waals surface area contributed by atoms with Crippen molar-refractivity contribution in [2.75, 3.05) is 6.54 Å². The molecule has 0 saturated carbocycles. The second-order valence-corrected chi connectivity index (χ2v) is 4.62. The fourth-order valence-electron chi connectivity index (χ4n) is 1.64. The summed E-state index contributed by atoms with van der Waals surface area (Å²) < 4.78 is 26.4. The fourth-order valence-corrected chi connectivity index (χ4v) is 2.43. The molecule has 2 heterocycles. The molecular formula is C11H13F2N3S. The molecule has 1 N–H and O–H groups in total. The molecule has 0 fully saturated rings. The molecule has 1 atom stereocenters. The number of thiophene rings is 1. The Morgan fingerprint density at radius 1 is 1.53 bits per heavy atom. The zero-order valence-corrected chi connectivity index (χ0v) is 10.1. The van der Waals surface area contributed by atoms with Gasteiger partial charge in [-0.15, -0.1) is 11.3 Å². The molecule has 2 rings (SSSR count). The summed E-state index contributed by atoms with van der Waals surface area (Å²) in [4.78, 5) is 5.20. The maximum Gasteiger partial charge on any atom is 0.250 e. The van der Waals surface area contributed by atoms with Gasteiger partial charge in [-0.05, 0) is 11.4 Å². The van der Waals surface area contributed by atoms with E-state index in [1.165, 1.54) is 11.3 Å². The highest BCUT2D eigenvalue weighted by atomic mass is 32.1. The van der Waals surface area contributed by atoms with Crippen molar-refractivity contribution in [3.05, 3.63) is 40.6 Å².